The predicted molar refractivity (Wildman–Crippen MR) is 152 cm³/mol. The number of H-pyrrole nitrogens is 1. The number of aromatic nitrogens is 2. The maximum absolute atomic E-state index is 14.7. The number of carbonyl (C=O) groups excluding carboxylic acids is 2. The fraction of sp³-hybridized carbons (Fsp3) is 0.207. The summed E-state index contributed by atoms with van der Waals surface area (Å²) in [6.07, 6.45) is 1.86. The van der Waals surface area contributed by atoms with Crippen LogP contribution in [0.15, 0.2) is 79.0 Å². The summed E-state index contributed by atoms with van der Waals surface area (Å²) in [4.78, 5) is 35.8. The number of nitrogens with zero attached hydrogens (tertiary/aromatic N) is 2. The summed E-state index contributed by atoms with van der Waals surface area (Å²) >= 11 is 2.05. The number of nitrogens with one attached hydrogen (secondary N) is 2. The Bertz CT molecular complexity index is 1460. The van der Waals surface area contributed by atoms with Crippen LogP contribution in [0.5, 0.6) is 5.75 Å². The Balaban J connectivity index is 1.43. The summed E-state index contributed by atoms with van der Waals surface area (Å²) in [5.74, 6) is 0.240. The molecule has 1 saturated heterocycles. The normalized spacial score (nSPS) is 15.9. The number of halogens is 2. The van der Waals surface area contributed by atoms with E-state index in [1.807, 2.05) is 52.9 Å². The molecule has 1 aliphatic rings. The smallest absolute Gasteiger partial charge is 0.325 e. The summed E-state index contributed by atoms with van der Waals surface area (Å²) < 4.78 is 26.0. The van der Waals surface area contributed by atoms with Gasteiger partial charge in [0, 0.05) is 22.7 Å². The van der Waals surface area contributed by atoms with Crippen molar-refractivity contribution in [1.82, 2.24) is 20.2 Å². The van der Waals surface area contributed by atoms with Gasteiger partial charge in [0.15, 0.2) is 0 Å². The van der Waals surface area contributed by atoms with Crippen LogP contribution in [0.2, 0.25) is 0 Å². The zero-order valence-corrected chi connectivity index (χ0v) is 23.2. The van der Waals surface area contributed by atoms with Crippen LogP contribution in [0.4, 0.5) is 9.18 Å². The fourth-order valence-electron chi connectivity index (χ4n) is 4.51. The lowest BCUT2D eigenvalue weighted by molar-refractivity contribution is -0.129. The molecule has 0 saturated carbocycles. The number of imidazole rings is 1. The number of hydrogen-bond acceptors (Lipinski definition) is 5. The van der Waals surface area contributed by atoms with Crippen LogP contribution in [0.1, 0.15) is 29.0 Å². The van der Waals surface area contributed by atoms with Crippen molar-refractivity contribution in [2.45, 2.75) is 18.5 Å². The highest BCUT2D eigenvalue weighted by Gasteiger charge is 2.44. The van der Waals surface area contributed by atoms with Gasteiger partial charge in [0.2, 0.25) is 0 Å². The van der Waals surface area contributed by atoms with Crippen LogP contribution in [-0.2, 0) is 16.0 Å². The van der Waals surface area contributed by atoms with Gasteiger partial charge >= 0.3 is 6.03 Å². The van der Waals surface area contributed by atoms with Gasteiger partial charge in [0.25, 0.3) is 5.91 Å². The highest BCUT2D eigenvalue weighted by atomic mass is 127. The van der Waals surface area contributed by atoms with E-state index in [4.69, 9.17) is 9.47 Å². The number of amides is 3. The molecule has 0 aliphatic carbocycles. The van der Waals surface area contributed by atoms with Crippen molar-refractivity contribution in [2.75, 3.05) is 20.3 Å². The van der Waals surface area contributed by atoms with Crippen LogP contribution in [-0.4, -0.2) is 47.1 Å². The maximum Gasteiger partial charge on any atom is 0.325 e. The van der Waals surface area contributed by atoms with E-state index in [1.54, 1.807) is 43.5 Å². The molecule has 2 heterocycles. The zero-order valence-electron chi connectivity index (χ0n) is 21.1. The Hall–Kier alpha value is -3.77. The van der Waals surface area contributed by atoms with Gasteiger partial charge < -0.3 is 19.8 Å². The molecule has 5 rings (SSSR count). The summed E-state index contributed by atoms with van der Waals surface area (Å²) in [7, 11) is 1.60. The van der Waals surface area contributed by atoms with E-state index in [0.717, 1.165) is 9.13 Å². The first kappa shape index (κ1) is 26.8. The van der Waals surface area contributed by atoms with Gasteiger partial charge in [-0.15, -0.1) is 0 Å². The van der Waals surface area contributed by atoms with Gasteiger partial charge in [-0.2, -0.15) is 0 Å². The van der Waals surface area contributed by atoms with Gasteiger partial charge in [-0.05, 0) is 64.0 Å². The van der Waals surface area contributed by atoms with Crippen LogP contribution in [0.3, 0.4) is 0 Å². The summed E-state index contributed by atoms with van der Waals surface area (Å²) in [6, 6.07) is 19.4. The average molecular weight is 640 g/mol. The summed E-state index contributed by atoms with van der Waals surface area (Å²) in [5.41, 5.74) is 2.37. The fourth-order valence-corrected chi connectivity index (χ4v) is 4.97. The van der Waals surface area contributed by atoms with Crippen molar-refractivity contribution in [1.29, 1.82) is 0 Å². The minimum absolute atomic E-state index is 0.334. The number of ether oxygens (including phenoxy) is 2. The Morgan fingerprint density at radius 2 is 1.82 bits per heavy atom. The van der Waals surface area contributed by atoms with Crippen LogP contribution in [0, 0.1) is 9.39 Å². The lowest BCUT2D eigenvalue weighted by Crippen LogP contribution is -2.36. The summed E-state index contributed by atoms with van der Waals surface area (Å²) in [6.45, 7) is 0.864. The molecule has 0 bridgehead atoms. The molecule has 0 radical (unpaired) electrons. The third-order valence-electron chi connectivity index (χ3n) is 6.46. The average Bonchev–Trinajstić information content (AvgIpc) is 3.53. The minimum Gasteiger partial charge on any atom is -0.491 e. The number of carbonyl (C=O) groups is 2. The van der Waals surface area contributed by atoms with Gasteiger partial charge in [-0.25, -0.2) is 14.2 Å². The number of rotatable bonds is 10. The number of aromatic amines is 1. The first-order chi connectivity index (χ1) is 18.9. The van der Waals surface area contributed by atoms with Gasteiger partial charge in [-0.1, -0.05) is 42.5 Å². The number of imide groups is 1. The van der Waals surface area contributed by atoms with Crippen LogP contribution in [0.25, 0.3) is 11.3 Å². The molecule has 200 valence electrons. The molecule has 3 amide bonds. The monoisotopic (exact) mass is 640 g/mol. The van der Waals surface area contributed by atoms with E-state index >= 15 is 0 Å². The first-order valence-corrected chi connectivity index (χ1v) is 13.4. The lowest BCUT2D eigenvalue weighted by Gasteiger charge is -2.24. The maximum atomic E-state index is 14.7. The molecule has 39 heavy (non-hydrogen) atoms. The van der Waals surface area contributed by atoms with Crippen molar-refractivity contribution >= 4 is 34.5 Å². The number of benzene rings is 3. The molecular formula is C29H26FIN4O4. The predicted octanol–water partition coefficient (Wildman–Crippen LogP) is 5.42. The molecule has 1 fully saturated rings. The second-order valence-electron chi connectivity index (χ2n) is 9.01. The van der Waals surface area contributed by atoms with E-state index in [0.29, 0.717) is 48.0 Å². The quantitative estimate of drug-likeness (QED) is 0.137. The Kier molecular flexibility index (Phi) is 8.22. The van der Waals surface area contributed by atoms with E-state index in [2.05, 4.69) is 15.3 Å². The SMILES string of the molecule is COCCOc1ccc([C@H]2NC(=O)N(C(Cc3ccccc3)c3ncc(-c4ccc(I)cc4F)[nH]3)C2=O)cc1. The van der Waals surface area contributed by atoms with Gasteiger partial charge in [0.05, 0.1) is 18.5 Å². The molecule has 10 heteroatoms. The number of methoxy groups -OCH3 is 1. The van der Waals surface area contributed by atoms with E-state index < -0.39 is 24.0 Å². The van der Waals surface area contributed by atoms with Crippen molar-refractivity contribution in [3.8, 4) is 17.0 Å². The molecular weight excluding hydrogens is 614 g/mol. The van der Waals surface area contributed by atoms with Crippen LogP contribution >= 0.6 is 22.6 Å². The standard InChI is InChI=1S/C29H26FIN4O4/c1-38-13-14-39-21-10-7-19(8-11-21)26-28(36)35(29(37)34-26)25(15-18-5-3-2-4-6-18)27-32-17-24(33-27)22-12-9-20(31)16-23(22)30/h2-12,16-17,25-26H,13-15H2,1H3,(H,32,33)(H,34,37)/t25?,26-/m1/s1. The molecule has 1 aromatic heterocycles. The van der Waals surface area contributed by atoms with E-state index in [9.17, 15) is 14.0 Å². The molecule has 8 nitrogen and oxygen atoms in total. The molecule has 4 aromatic rings. The third-order valence-corrected chi connectivity index (χ3v) is 7.13. The number of urea groups is 1. The molecule has 3 aromatic carbocycles. The summed E-state index contributed by atoms with van der Waals surface area (Å²) in [5, 5.41) is 2.81. The van der Waals surface area contributed by atoms with Gasteiger partial charge in [0.1, 0.15) is 36.1 Å². The van der Waals surface area contributed by atoms with E-state index in [1.165, 1.54) is 17.2 Å². The largest absolute Gasteiger partial charge is 0.491 e. The third kappa shape index (κ3) is 5.96. The second kappa shape index (κ2) is 12.0. The van der Waals surface area contributed by atoms with Gasteiger partial charge in [-0.3, -0.25) is 9.69 Å². The van der Waals surface area contributed by atoms with Crippen LogP contribution < -0.4 is 10.1 Å². The van der Waals surface area contributed by atoms with Crippen molar-refractivity contribution in [2.24, 2.45) is 0 Å². The second-order valence-corrected chi connectivity index (χ2v) is 10.3. The minimum atomic E-state index is -0.855. The molecule has 1 aliphatic heterocycles. The molecule has 2 N–H and O–H groups in total. The Morgan fingerprint density at radius 1 is 1.05 bits per heavy atom. The zero-order chi connectivity index (χ0) is 27.4. The topological polar surface area (TPSA) is 96.6 Å². The van der Waals surface area contributed by atoms with Crippen molar-refractivity contribution in [3.63, 3.8) is 0 Å². The highest BCUT2D eigenvalue weighted by molar-refractivity contribution is 14.1. The lowest BCUT2D eigenvalue weighted by atomic mass is 10.0. The number of hydrogen-bond donors (Lipinski definition) is 2. The van der Waals surface area contributed by atoms with Crippen molar-refractivity contribution in [3.05, 3.63) is 105 Å². The Morgan fingerprint density at radius 3 is 2.54 bits per heavy atom. The molecule has 1 unspecified atom stereocenters. The highest BCUT2D eigenvalue weighted by Crippen LogP contribution is 2.33. The molecule has 2 atom stereocenters. The Labute approximate surface area is 238 Å². The first-order valence-electron chi connectivity index (χ1n) is 12.3. The molecule has 0 spiro atoms. The van der Waals surface area contributed by atoms with Crippen molar-refractivity contribution < 1.29 is 23.5 Å². The van der Waals surface area contributed by atoms with E-state index in [-0.39, 0.29) is 5.82 Å².